The monoisotopic (exact) mass is 449 g/mol. The summed E-state index contributed by atoms with van der Waals surface area (Å²) in [4.78, 5) is 24.6. The summed E-state index contributed by atoms with van der Waals surface area (Å²) in [7, 11) is 1.56. The average molecular weight is 450 g/mol. The molecule has 2 aromatic carbocycles. The van der Waals surface area contributed by atoms with Gasteiger partial charge in [0.15, 0.2) is 11.7 Å². The molecule has 3 N–H and O–H groups in total. The standard InChI is InChI=1S/C19H16ClN3O4S2/c1-26-11-6-8-12(9-7-11)27-10-15(24)21-19(28)23-22-18(25)17-16(20)13-4-2-3-5-14(13)29-17/h2-9H,10H2,1H3,(H,22,25)(H2,21,23,24,28). The van der Waals surface area contributed by atoms with Gasteiger partial charge >= 0.3 is 0 Å². The summed E-state index contributed by atoms with van der Waals surface area (Å²) in [6.07, 6.45) is 0. The fourth-order valence-electron chi connectivity index (χ4n) is 2.35. The van der Waals surface area contributed by atoms with Crippen LogP contribution < -0.4 is 25.6 Å². The van der Waals surface area contributed by atoms with E-state index < -0.39 is 11.8 Å². The number of carbonyl (C=O) groups excluding carboxylic acids is 2. The minimum Gasteiger partial charge on any atom is -0.497 e. The van der Waals surface area contributed by atoms with E-state index in [0.717, 1.165) is 10.1 Å². The highest BCUT2D eigenvalue weighted by molar-refractivity contribution is 7.80. The number of thiocarbonyl (C=S) groups is 1. The number of carbonyl (C=O) groups is 2. The van der Waals surface area contributed by atoms with Gasteiger partial charge in [-0.25, -0.2) is 0 Å². The van der Waals surface area contributed by atoms with Crippen LogP contribution in [-0.2, 0) is 4.79 Å². The van der Waals surface area contributed by atoms with E-state index in [1.54, 1.807) is 31.4 Å². The van der Waals surface area contributed by atoms with Crippen LogP contribution in [0.4, 0.5) is 0 Å². The molecule has 0 bridgehead atoms. The highest BCUT2D eigenvalue weighted by atomic mass is 35.5. The molecule has 0 saturated carbocycles. The first-order valence-corrected chi connectivity index (χ1v) is 9.92. The lowest BCUT2D eigenvalue weighted by Crippen LogP contribution is -2.49. The Morgan fingerprint density at radius 3 is 2.45 bits per heavy atom. The van der Waals surface area contributed by atoms with Crippen LogP contribution >= 0.6 is 35.2 Å². The molecule has 1 aromatic heterocycles. The van der Waals surface area contributed by atoms with E-state index in [4.69, 9.17) is 33.3 Å². The van der Waals surface area contributed by atoms with Gasteiger partial charge in [-0.1, -0.05) is 29.8 Å². The Hall–Kier alpha value is -2.88. The number of methoxy groups -OCH3 is 1. The fourth-order valence-corrected chi connectivity index (χ4v) is 3.92. The van der Waals surface area contributed by atoms with E-state index in [1.165, 1.54) is 11.3 Å². The van der Waals surface area contributed by atoms with Crippen molar-refractivity contribution in [2.45, 2.75) is 0 Å². The van der Waals surface area contributed by atoms with E-state index in [2.05, 4.69) is 16.2 Å². The van der Waals surface area contributed by atoms with Gasteiger partial charge in [-0.3, -0.25) is 25.8 Å². The quantitative estimate of drug-likeness (QED) is 0.409. The molecule has 150 valence electrons. The Morgan fingerprint density at radius 1 is 1.07 bits per heavy atom. The summed E-state index contributed by atoms with van der Waals surface area (Å²) in [6.45, 7) is -0.246. The number of rotatable bonds is 5. The SMILES string of the molecule is COc1ccc(OCC(=O)NC(=S)NNC(=O)c2sc3ccccc3c2Cl)cc1. The Bertz CT molecular complexity index is 1050. The molecule has 0 atom stereocenters. The van der Waals surface area contributed by atoms with E-state index in [0.29, 0.717) is 21.4 Å². The Kier molecular flexibility index (Phi) is 6.86. The predicted octanol–water partition coefficient (Wildman–Crippen LogP) is 3.28. The van der Waals surface area contributed by atoms with Crippen molar-refractivity contribution in [2.75, 3.05) is 13.7 Å². The molecule has 0 spiro atoms. The zero-order chi connectivity index (χ0) is 20.8. The number of benzene rings is 2. The minimum absolute atomic E-state index is 0.0704. The number of fused-ring (bicyclic) bond motifs is 1. The van der Waals surface area contributed by atoms with Crippen LogP contribution in [0, 0.1) is 0 Å². The van der Waals surface area contributed by atoms with Gasteiger partial charge in [0.1, 0.15) is 16.4 Å². The lowest BCUT2D eigenvalue weighted by Gasteiger charge is -2.11. The Morgan fingerprint density at radius 2 is 1.76 bits per heavy atom. The van der Waals surface area contributed by atoms with E-state index in [-0.39, 0.29) is 11.7 Å². The van der Waals surface area contributed by atoms with Gasteiger partial charge in [0, 0.05) is 10.1 Å². The molecular formula is C19H16ClN3O4S2. The third kappa shape index (κ3) is 5.35. The second-order valence-electron chi connectivity index (χ2n) is 5.66. The Balaban J connectivity index is 1.46. The highest BCUT2D eigenvalue weighted by Crippen LogP contribution is 2.34. The summed E-state index contributed by atoms with van der Waals surface area (Å²) in [5, 5.41) is 3.51. The van der Waals surface area contributed by atoms with Crippen LogP contribution in [0.2, 0.25) is 5.02 Å². The van der Waals surface area contributed by atoms with Crippen molar-refractivity contribution in [3.63, 3.8) is 0 Å². The molecule has 0 aliphatic carbocycles. The molecule has 2 amide bonds. The van der Waals surface area contributed by atoms with Crippen molar-refractivity contribution in [2.24, 2.45) is 0 Å². The summed E-state index contributed by atoms with van der Waals surface area (Å²) < 4.78 is 11.3. The highest BCUT2D eigenvalue weighted by Gasteiger charge is 2.17. The second-order valence-corrected chi connectivity index (χ2v) is 7.50. The number of thiophene rings is 1. The molecule has 7 nitrogen and oxygen atoms in total. The van der Waals surface area contributed by atoms with Crippen LogP contribution in [0.1, 0.15) is 9.67 Å². The third-order valence-electron chi connectivity index (χ3n) is 3.71. The van der Waals surface area contributed by atoms with Crippen LogP contribution in [0.3, 0.4) is 0 Å². The molecule has 3 rings (SSSR count). The third-order valence-corrected chi connectivity index (χ3v) is 5.59. The number of hydrogen-bond acceptors (Lipinski definition) is 6. The van der Waals surface area contributed by atoms with Crippen LogP contribution in [0.5, 0.6) is 11.5 Å². The van der Waals surface area contributed by atoms with Gasteiger partial charge in [-0.15, -0.1) is 11.3 Å². The molecule has 0 unspecified atom stereocenters. The van der Waals surface area contributed by atoms with Gasteiger partial charge < -0.3 is 9.47 Å². The first kappa shape index (κ1) is 20.8. The average Bonchev–Trinajstić information content (AvgIpc) is 3.08. The zero-order valence-corrected chi connectivity index (χ0v) is 17.5. The second kappa shape index (κ2) is 9.55. The molecular weight excluding hydrogens is 434 g/mol. The predicted molar refractivity (Wildman–Crippen MR) is 117 cm³/mol. The largest absolute Gasteiger partial charge is 0.497 e. The maximum Gasteiger partial charge on any atom is 0.281 e. The number of hydrogen-bond donors (Lipinski definition) is 3. The summed E-state index contributed by atoms with van der Waals surface area (Å²) in [6, 6.07) is 14.2. The lowest BCUT2D eigenvalue weighted by atomic mass is 10.2. The molecule has 0 aliphatic rings. The number of hydrazine groups is 1. The van der Waals surface area contributed by atoms with Gasteiger partial charge in [0.25, 0.3) is 11.8 Å². The van der Waals surface area contributed by atoms with Crippen LogP contribution in [0.15, 0.2) is 48.5 Å². The Labute approximate surface area is 180 Å². The van der Waals surface area contributed by atoms with E-state index >= 15 is 0 Å². The first-order chi connectivity index (χ1) is 14.0. The van der Waals surface area contributed by atoms with Crippen molar-refractivity contribution in [3.8, 4) is 11.5 Å². The maximum atomic E-state index is 12.3. The molecule has 3 aromatic rings. The number of amides is 2. The summed E-state index contributed by atoms with van der Waals surface area (Å²) in [5.74, 6) is 0.254. The molecule has 1 heterocycles. The number of ether oxygens (including phenoxy) is 2. The van der Waals surface area contributed by atoms with Crippen molar-refractivity contribution in [1.82, 2.24) is 16.2 Å². The van der Waals surface area contributed by atoms with Gasteiger partial charge in [0.05, 0.1) is 12.1 Å². The fraction of sp³-hybridized carbons (Fsp3) is 0.105. The number of halogens is 1. The minimum atomic E-state index is -0.479. The maximum absolute atomic E-state index is 12.3. The first-order valence-electron chi connectivity index (χ1n) is 8.32. The van der Waals surface area contributed by atoms with E-state index in [1.807, 2.05) is 24.3 Å². The normalized spacial score (nSPS) is 10.3. The zero-order valence-electron chi connectivity index (χ0n) is 15.2. The van der Waals surface area contributed by atoms with Gasteiger partial charge in [0.2, 0.25) is 0 Å². The molecule has 0 fully saturated rings. The van der Waals surface area contributed by atoms with Gasteiger partial charge in [-0.05, 0) is 42.5 Å². The molecule has 0 radical (unpaired) electrons. The van der Waals surface area contributed by atoms with Crippen molar-refractivity contribution in [3.05, 3.63) is 58.4 Å². The summed E-state index contributed by atoms with van der Waals surface area (Å²) in [5.41, 5.74) is 4.89. The number of nitrogens with one attached hydrogen (secondary N) is 3. The van der Waals surface area contributed by atoms with Crippen molar-refractivity contribution < 1.29 is 19.1 Å². The van der Waals surface area contributed by atoms with Crippen molar-refractivity contribution >= 4 is 62.2 Å². The molecule has 0 aliphatic heterocycles. The smallest absolute Gasteiger partial charge is 0.281 e. The van der Waals surface area contributed by atoms with Gasteiger partial charge in [-0.2, -0.15) is 0 Å². The van der Waals surface area contributed by atoms with Crippen molar-refractivity contribution in [1.29, 1.82) is 0 Å². The molecule has 0 saturated heterocycles. The van der Waals surface area contributed by atoms with Crippen LogP contribution in [-0.4, -0.2) is 30.6 Å². The lowest BCUT2D eigenvalue weighted by molar-refractivity contribution is -0.121. The van der Waals surface area contributed by atoms with Crippen LogP contribution in [0.25, 0.3) is 10.1 Å². The molecule has 10 heteroatoms. The molecule has 29 heavy (non-hydrogen) atoms. The summed E-state index contributed by atoms with van der Waals surface area (Å²) >= 11 is 12.5. The topological polar surface area (TPSA) is 88.7 Å². The van der Waals surface area contributed by atoms with E-state index in [9.17, 15) is 9.59 Å².